The van der Waals surface area contributed by atoms with Crippen molar-refractivity contribution in [1.82, 2.24) is 9.78 Å². The van der Waals surface area contributed by atoms with Crippen molar-refractivity contribution < 1.29 is 9.53 Å². The van der Waals surface area contributed by atoms with Crippen molar-refractivity contribution in [1.29, 1.82) is 0 Å². The number of benzene rings is 1. The van der Waals surface area contributed by atoms with Gasteiger partial charge < -0.3 is 4.74 Å². The van der Waals surface area contributed by atoms with Crippen LogP contribution < -0.4 is 0 Å². The summed E-state index contributed by atoms with van der Waals surface area (Å²) >= 11 is 12.9. The Labute approximate surface area is 218 Å². The van der Waals surface area contributed by atoms with Crippen molar-refractivity contribution in [2.45, 2.75) is 89.9 Å². The molecule has 4 aliphatic rings. The molecule has 0 aliphatic heterocycles. The van der Waals surface area contributed by atoms with Gasteiger partial charge in [-0.2, -0.15) is 5.10 Å². The quantitative estimate of drug-likeness (QED) is 0.394. The van der Waals surface area contributed by atoms with Crippen LogP contribution in [-0.2, 0) is 20.4 Å². The average Bonchev–Trinajstić information content (AvgIpc) is 3.31. The number of carbonyl (C=O) groups excluding carboxylic acids is 1. The van der Waals surface area contributed by atoms with E-state index in [0.29, 0.717) is 28.5 Å². The summed E-state index contributed by atoms with van der Waals surface area (Å²) in [7, 11) is 0. The van der Waals surface area contributed by atoms with Gasteiger partial charge in [0.2, 0.25) is 0 Å². The Hall–Kier alpha value is -1.52. The minimum atomic E-state index is -0.381. The zero-order chi connectivity index (χ0) is 24.8. The fraction of sp³-hybridized carbons (Fsp3) is 0.655. The van der Waals surface area contributed by atoms with Gasteiger partial charge in [-0.1, -0.05) is 43.5 Å². The van der Waals surface area contributed by atoms with E-state index in [2.05, 4.69) is 31.6 Å². The highest BCUT2D eigenvalue weighted by atomic mass is 35.5. The summed E-state index contributed by atoms with van der Waals surface area (Å²) in [5.41, 5.74) is 3.62. The molecule has 2 bridgehead atoms. The Morgan fingerprint density at radius 1 is 1.11 bits per heavy atom. The van der Waals surface area contributed by atoms with Crippen LogP contribution in [0.1, 0.15) is 90.3 Å². The van der Waals surface area contributed by atoms with Crippen LogP contribution in [0.25, 0.3) is 5.69 Å². The van der Waals surface area contributed by atoms with Crippen molar-refractivity contribution in [2.75, 3.05) is 6.61 Å². The maximum absolute atomic E-state index is 13.2. The van der Waals surface area contributed by atoms with Gasteiger partial charge in [-0.15, -0.1) is 0 Å². The van der Waals surface area contributed by atoms with Crippen LogP contribution in [0.3, 0.4) is 0 Å². The minimum absolute atomic E-state index is 0.0184. The van der Waals surface area contributed by atoms with Crippen LogP contribution >= 0.6 is 23.2 Å². The Balaban J connectivity index is 1.45. The van der Waals surface area contributed by atoms with Crippen molar-refractivity contribution in [3.05, 3.63) is 45.7 Å². The van der Waals surface area contributed by atoms with Gasteiger partial charge in [0.15, 0.2) is 0 Å². The summed E-state index contributed by atoms with van der Waals surface area (Å²) in [6.45, 7) is 9.50. The molecule has 188 valence electrons. The van der Waals surface area contributed by atoms with E-state index in [1.807, 2.05) is 25.1 Å². The van der Waals surface area contributed by atoms with E-state index in [1.165, 1.54) is 30.5 Å². The SMILES string of the molecule is CCOC(=O)[C@@]1(C)CCC[C@]2(C)C3CC[C@]4(C)C[C@@]3(CCC21)c1cnn(-c2ccc(Cl)cc2Cl)c14. The Bertz CT molecular complexity index is 1210. The summed E-state index contributed by atoms with van der Waals surface area (Å²) in [5, 5.41) is 6.21. The van der Waals surface area contributed by atoms with Crippen LogP contribution in [0.15, 0.2) is 24.4 Å². The fourth-order valence-corrected chi connectivity index (χ4v) is 10.0. The molecular formula is C29H36Cl2N2O2. The molecule has 4 aliphatic carbocycles. The van der Waals surface area contributed by atoms with Gasteiger partial charge in [-0.25, -0.2) is 4.68 Å². The second-order valence-corrected chi connectivity index (χ2v) is 13.3. The van der Waals surface area contributed by atoms with Crippen LogP contribution in [-0.4, -0.2) is 22.4 Å². The number of halogens is 2. The molecule has 3 saturated carbocycles. The second-order valence-electron chi connectivity index (χ2n) is 12.5. The molecule has 2 aromatic rings. The Morgan fingerprint density at radius 2 is 1.89 bits per heavy atom. The summed E-state index contributed by atoms with van der Waals surface area (Å²) in [6.07, 6.45) is 11.1. The molecule has 4 nitrogen and oxygen atoms in total. The number of hydrogen-bond acceptors (Lipinski definition) is 3. The van der Waals surface area contributed by atoms with Gasteiger partial charge in [0.1, 0.15) is 0 Å². The lowest BCUT2D eigenvalue weighted by molar-refractivity contribution is -0.180. The van der Waals surface area contributed by atoms with E-state index in [1.54, 1.807) is 0 Å². The molecule has 1 aromatic heterocycles. The lowest BCUT2D eigenvalue weighted by atomic mass is 9.40. The second kappa shape index (κ2) is 7.74. The Kier molecular flexibility index (Phi) is 5.28. The molecule has 0 N–H and O–H groups in total. The average molecular weight is 516 g/mol. The predicted molar refractivity (Wildman–Crippen MR) is 139 cm³/mol. The molecule has 35 heavy (non-hydrogen) atoms. The van der Waals surface area contributed by atoms with Crippen LogP contribution in [0.5, 0.6) is 0 Å². The molecule has 1 heterocycles. The number of rotatable bonds is 3. The third-order valence-corrected chi connectivity index (χ3v) is 11.3. The largest absolute Gasteiger partial charge is 0.466 e. The van der Waals surface area contributed by atoms with Gasteiger partial charge >= 0.3 is 5.97 Å². The topological polar surface area (TPSA) is 44.1 Å². The van der Waals surface area contributed by atoms with Crippen LogP contribution in [0.4, 0.5) is 0 Å². The first kappa shape index (κ1) is 23.9. The number of esters is 1. The highest BCUT2D eigenvalue weighted by Crippen LogP contribution is 2.73. The van der Waals surface area contributed by atoms with E-state index in [-0.39, 0.29) is 27.6 Å². The lowest BCUT2D eigenvalue weighted by Crippen LogP contribution is -2.60. The number of hydrogen-bond donors (Lipinski definition) is 0. The van der Waals surface area contributed by atoms with Crippen molar-refractivity contribution in [3.8, 4) is 5.69 Å². The summed E-state index contributed by atoms with van der Waals surface area (Å²) in [4.78, 5) is 13.2. The first-order valence-electron chi connectivity index (χ1n) is 13.3. The Morgan fingerprint density at radius 3 is 2.63 bits per heavy atom. The molecule has 3 fully saturated rings. The van der Waals surface area contributed by atoms with Crippen LogP contribution in [0.2, 0.25) is 10.0 Å². The van der Waals surface area contributed by atoms with Gasteiger partial charge in [-0.05, 0) is 94.2 Å². The molecule has 0 radical (unpaired) electrons. The molecule has 0 saturated heterocycles. The third kappa shape index (κ3) is 3.05. The summed E-state index contributed by atoms with van der Waals surface area (Å²) in [6, 6.07) is 5.69. The molecule has 6 atom stereocenters. The summed E-state index contributed by atoms with van der Waals surface area (Å²) < 4.78 is 7.74. The van der Waals surface area contributed by atoms with Gasteiger partial charge in [0, 0.05) is 21.4 Å². The number of carbonyl (C=O) groups is 1. The molecule has 0 amide bonds. The zero-order valence-corrected chi connectivity index (χ0v) is 22.8. The molecule has 6 heteroatoms. The number of aromatic nitrogens is 2. The lowest BCUT2D eigenvalue weighted by Gasteiger charge is -2.64. The predicted octanol–water partition coefficient (Wildman–Crippen LogP) is 7.66. The van der Waals surface area contributed by atoms with Gasteiger partial charge in [-0.3, -0.25) is 4.79 Å². The summed E-state index contributed by atoms with van der Waals surface area (Å²) in [5.74, 6) is 0.938. The maximum atomic E-state index is 13.2. The normalized spacial score (nSPS) is 39.5. The number of ether oxygens (including phenoxy) is 1. The van der Waals surface area contributed by atoms with E-state index >= 15 is 0 Å². The molecular weight excluding hydrogens is 479 g/mol. The first-order valence-corrected chi connectivity index (χ1v) is 14.1. The smallest absolute Gasteiger partial charge is 0.312 e. The highest BCUT2D eigenvalue weighted by molar-refractivity contribution is 6.35. The van der Waals surface area contributed by atoms with Crippen molar-refractivity contribution >= 4 is 29.2 Å². The number of fused-ring (bicyclic) bond motifs is 5. The van der Waals surface area contributed by atoms with Crippen molar-refractivity contribution in [3.63, 3.8) is 0 Å². The third-order valence-electron chi connectivity index (χ3n) is 10.8. The maximum Gasteiger partial charge on any atom is 0.312 e. The van der Waals surface area contributed by atoms with E-state index < -0.39 is 0 Å². The van der Waals surface area contributed by atoms with Crippen molar-refractivity contribution in [2.24, 2.45) is 22.7 Å². The van der Waals surface area contributed by atoms with E-state index in [0.717, 1.165) is 37.8 Å². The van der Waals surface area contributed by atoms with Gasteiger partial charge in [0.05, 0.1) is 34.6 Å². The molecule has 2 unspecified atom stereocenters. The molecule has 1 aromatic carbocycles. The van der Waals surface area contributed by atoms with Gasteiger partial charge in [0.25, 0.3) is 0 Å². The van der Waals surface area contributed by atoms with E-state index in [9.17, 15) is 4.79 Å². The molecule has 1 spiro atoms. The fourth-order valence-electron chi connectivity index (χ4n) is 9.54. The monoisotopic (exact) mass is 514 g/mol. The highest BCUT2D eigenvalue weighted by Gasteiger charge is 2.68. The number of nitrogens with zero attached hydrogens (tertiary/aromatic N) is 2. The first-order chi connectivity index (χ1) is 16.6. The standard InChI is InChI=1S/C29H36Cl2N2O2/c1-5-35-25(34)28(4)12-6-11-27(3)22(28)10-14-29-17-26(2,13-9-23(27)29)24-19(29)16-32-33(24)21-8-7-18(30)15-20(21)31/h7-8,15-16,22-23H,5-6,9-14,17H2,1-4H3/t22?,23?,26-,27+,28+,29+/m1/s1. The zero-order valence-electron chi connectivity index (χ0n) is 21.3. The van der Waals surface area contributed by atoms with E-state index in [4.69, 9.17) is 33.0 Å². The van der Waals surface area contributed by atoms with Crippen LogP contribution in [0, 0.1) is 22.7 Å². The minimum Gasteiger partial charge on any atom is -0.466 e. The molecule has 6 rings (SSSR count).